The first-order valence-electron chi connectivity index (χ1n) is 6.35. The summed E-state index contributed by atoms with van der Waals surface area (Å²) in [5.41, 5.74) is -0.180. The van der Waals surface area contributed by atoms with Crippen molar-refractivity contribution in [2.45, 2.75) is 31.8 Å². The van der Waals surface area contributed by atoms with E-state index in [1.165, 1.54) is 0 Å². The van der Waals surface area contributed by atoms with E-state index in [0.29, 0.717) is 41.5 Å². The van der Waals surface area contributed by atoms with E-state index in [-0.39, 0.29) is 5.91 Å². The van der Waals surface area contributed by atoms with Crippen LogP contribution < -0.4 is 0 Å². The van der Waals surface area contributed by atoms with Crippen LogP contribution in [0.5, 0.6) is 0 Å². The summed E-state index contributed by atoms with van der Waals surface area (Å²) in [4.78, 5) is 14.1. The molecule has 1 fully saturated rings. The molecular formula is C14H17Cl2NO2. The number of amides is 1. The van der Waals surface area contributed by atoms with E-state index in [2.05, 4.69) is 0 Å². The lowest BCUT2D eigenvalue weighted by Gasteiger charge is -2.22. The van der Waals surface area contributed by atoms with Gasteiger partial charge in [0.2, 0.25) is 0 Å². The molecule has 1 amide bonds. The lowest BCUT2D eigenvalue weighted by Crippen LogP contribution is -2.33. The second kappa shape index (κ2) is 5.70. The maximum Gasteiger partial charge on any atom is 0.253 e. The van der Waals surface area contributed by atoms with E-state index in [4.69, 9.17) is 23.2 Å². The number of rotatable bonds is 1. The number of hydrogen-bond acceptors (Lipinski definition) is 2. The number of carbonyl (C=O) groups excluding carboxylic acids is 1. The zero-order chi connectivity index (χ0) is 14.0. The standard InChI is InChI=1S/C14H17Cl2NO2/c1-14(19)3-2-5-17(6-4-14)13(18)10-7-11(15)9-12(16)8-10/h7-9,19H,2-6H2,1H3. The maximum absolute atomic E-state index is 12.4. The van der Waals surface area contributed by atoms with Crippen LogP contribution in [0.2, 0.25) is 10.0 Å². The fraction of sp³-hybridized carbons (Fsp3) is 0.500. The smallest absolute Gasteiger partial charge is 0.253 e. The SMILES string of the molecule is CC1(O)CCCN(C(=O)c2cc(Cl)cc(Cl)c2)CC1. The Morgan fingerprint density at radius 2 is 1.84 bits per heavy atom. The number of nitrogens with zero attached hydrogens (tertiary/aromatic N) is 1. The minimum Gasteiger partial charge on any atom is -0.390 e. The molecule has 1 aliphatic rings. The van der Waals surface area contributed by atoms with Crippen LogP contribution in [-0.2, 0) is 0 Å². The lowest BCUT2D eigenvalue weighted by atomic mass is 9.98. The summed E-state index contributed by atoms with van der Waals surface area (Å²) >= 11 is 11.8. The van der Waals surface area contributed by atoms with E-state index in [9.17, 15) is 9.90 Å². The van der Waals surface area contributed by atoms with Gasteiger partial charge in [-0.1, -0.05) is 23.2 Å². The Bertz CT molecular complexity index is 468. The summed E-state index contributed by atoms with van der Waals surface area (Å²) in [6, 6.07) is 4.85. The zero-order valence-corrected chi connectivity index (χ0v) is 12.3. The highest BCUT2D eigenvalue weighted by atomic mass is 35.5. The van der Waals surface area contributed by atoms with Gasteiger partial charge in [0.25, 0.3) is 5.91 Å². The van der Waals surface area contributed by atoms with Crippen molar-refractivity contribution in [3.63, 3.8) is 0 Å². The van der Waals surface area contributed by atoms with E-state index >= 15 is 0 Å². The minimum atomic E-state index is -0.680. The first-order chi connectivity index (χ1) is 8.87. The van der Waals surface area contributed by atoms with E-state index in [1.807, 2.05) is 6.92 Å². The highest BCUT2D eigenvalue weighted by Crippen LogP contribution is 2.24. The van der Waals surface area contributed by atoms with Crippen LogP contribution in [-0.4, -0.2) is 34.6 Å². The van der Waals surface area contributed by atoms with Crippen LogP contribution in [0.3, 0.4) is 0 Å². The molecule has 0 bridgehead atoms. The van der Waals surface area contributed by atoms with Crippen molar-refractivity contribution in [1.82, 2.24) is 4.90 Å². The molecule has 1 aliphatic heterocycles. The topological polar surface area (TPSA) is 40.5 Å². The predicted octanol–water partition coefficient (Wildman–Crippen LogP) is 3.37. The van der Waals surface area contributed by atoms with Gasteiger partial charge in [0.05, 0.1) is 5.60 Å². The third kappa shape index (κ3) is 3.85. The number of aliphatic hydroxyl groups is 1. The number of likely N-dealkylation sites (tertiary alicyclic amines) is 1. The Balaban J connectivity index is 2.15. The highest BCUT2D eigenvalue weighted by molar-refractivity contribution is 6.35. The van der Waals surface area contributed by atoms with E-state index in [1.54, 1.807) is 23.1 Å². The Hall–Kier alpha value is -0.770. The summed E-state index contributed by atoms with van der Waals surface area (Å²) in [5.74, 6) is -0.0814. The molecule has 1 atom stereocenters. The first kappa shape index (κ1) is 14.6. The summed E-state index contributed by atoms with van der Waals surface area (Å²) < 4.78 is 0. The second-order valence-electron chi connectivity index (χ2n) is 5.30. The molecule has 1 aromatic rings. The molecule has 0 aliphatic carbocycles. The molecule has 19 heavy (non-hydrogen) atoms. The van der Waals surface area contributed by atoms with Crippen LogP contribution in [0.25, 0.3) is 0 Å². The average Bonchev–Trinajstić information content (AvgIpc) is 2.48. The van der Waals surface area contributed by atoms with Crippen LogP contribution >= 0.6 is 23.2 Å². The number of halogens is 2. The lowest BCUT2D eigenvalue weighted by molar-refractivity contribution is 0.0438. The summed E-state index contributed by atoms with van der Waals surface area (Å²) in [6.45, 7) is 3.02. The van der Waals surface area contributed by atoms with Crippen molar-refractivity contribution in [3.05, 3.63) is 33.8 Å². The normalized spacial score (nSPS) is 24.1. The molecule has 0 saturated carbocycles. The van der Waals surface area contributed by atoms with Crippen molar-refractivity contribution in [3.8, 4) is 0 Å². The molecule has 104 valence electrons. The molecular weight excluding hydrogens is 285 g/mol. The molecule has 1 N–H and O–H groups in total. The van der Waals surface area contributed by atoms with Crippen molar-refractivity contribution in [2.24, 2.45) is 0 Å². The fourth-order valence-electron chi connectivity index (χ4n) is 2.33. The van der Waals surface area contributed by atoms with Gasteiger partial charge in [-0.3, -0.25) is 4.79 Å². The highest BCUT2D eigenvalue weighted by Gasteiger charge is 2.27. The Morgan fingerprint density at radius 3 is 2.47 bits per heavy atom. The number of carbonyl (C=O) groups is 1. The molecule has 0 spiro atoms. The molecule has 2 rings (SSSR count). The maximum atomic E-state index is 12.4. The molecule has 1 unspecified atom stereocenters. The largest absolute Gasteiger partial charge is 0.390 e. The first-order valence-corrected chi connectivity index (χ1v) is 7.11. The Labute approximate surface area is 123 Å². The van der Waals surface area contributed by atoms with Gasteiger partial charge in [0, 0.05) is 28.7 Å². The molecule has 5 heteroatoms. The number of hydrogen-bond donors (Lipinski definition) is 1. The Morgan fingerprint density at radius 1 is 1.21 bits per heavy atom. The predicted molar refractivity (Wildman–Crippen MR) is 76.8 cm³/mol. The van der Waals surface area contributed by atoms with Gasteiger partial charge in [-0.05, 0) is 44.4 Å². The van der Waals surface area contributed by atoms with Crippen LogP contribution in [0.15, 0.2) is 18.2 Å². The fourth-order valence-corrected chi connectivity index (χ4v) is 2.85. The third-order valence-corrected chi connectivity index (χ3v) is 3.90. The molecule has 3 nitrogen and oxygen atoms in total. The van der Waals surface area contributed by atoms with Gasteiger partial charge in [0.15, 0.2) is 0 Å². The molecule has 1 saturated heterocycles. The van der Waals surface area contributed by atoms with Crippen LogP contribution in [0, 0.1) is 0 Å². The zero-order valence-electron chi connectivity index (χ0n) is 10.8. The number of benzene rings is 1. The second-order valence-corrected chi connectivity index (χ2v) is 6.17. The van der Waals surface area contributed by atoms with Gasteiger partial charge in [-0.2, -0.15) is 0 Å². The third-order valence-electron chi connectivity index (χ3n) is 3.46. The van der Waals surface area contributed by atoms with E-state index < -0.39 is 5.60 Å². The monoisotopic (exact) mass is 301 g/mol. The van der Waals surface area contributed by atoms with Crippen molar-refractivity contribution in [1.29, 1.82) is 0 Å². The van der Waals surface area contributed by atoms with Gasteiger partial charge in [-0.15, -0.1) is 0 Å². The van der Waals surface area contributed by atoms with Crippen molar-refractivity contribution in [2.75, 3.05) is 13.1 Å². The van der Waals surface area contributed by atoms with Gasteiger partial charge in [-0.25, -0.2) is 0 Å². The molecule has 0 radical (unpaired) electrons. The van der Waals surface area contributed by atoms with Crippen molar-refractivity contribution >= 4 is 29.1 Å². The molecule has 1 aromatic carbocycles. The molecule has 0 aromatic heterocycles. The van der Waals surface area contributed by atoms with Gasteiger partial charge >= 0.3 is 0 Å². The quantitative estimate of drug-likeness (QED) is 0.864. The summed E-state index contributed by atoms with van der Waals surface area (Å²) in [7, 11) is 0. The van der Waals surface area contributed by atoms with Crippen LogP contribution in [0.1, 0.15) is 36.5 Å². The Kier molecular flexibility index (Phi) is 4.39. The van der Waals surface area contributed by atoms with Gasteiger partial charge in [0.1, 0.15) is 0 Å². The minimum absolute atomic E-state index is 0.0814. The molecule has 1 heterocycles. The summed E-state index contributed by atoms with van der Waals surface area (Å²) in [6.07, 6.45) is 2.10. The average molecular weight is 302 g/mol. The van der Waals surface area contributed by atoms with E-state index in [0.717, 1.165) is 6.42 Å². The van der Waals surface area contributed by atoms with Crippen LogP contribution in [0.4, 0.5) is 0 Å². The van der Waals surface area contributed by atoms with Crippen molar-refractivity contribution < 1.29 is 9.90 Å². The summed E-state index contributed by atoms with van der Waals surface area (Å²) in [5, 5.41) is 10.9. The van der Waals surface area contributed by atoms with Gasteiger partial charge < -0.3 is 10.0 Å².